The van der Waals surface area contributed by atoms with Crippen LogP contribution >= 0.6 is 0 Å². The fraction of sp³-hybridized carbons (Fsp3) is 0.400. The first kappa shape index (κ1) is 17.5. The van der Waals surface area contributed by atoms with Crippen molar-refractivity contribution in [1.82, 2.24) is 19.6 Å². The lowest BCUT2D eigenvalue weighted by atomic mass is 10.1. The van der Waals surface area contributed by atoms with Crippen molar-refractivity contribution in [2.24, 2.45) is 13.0 Å². The third-order valence-corrected chi connectivity index (χ3v) is 5.39. The van der Waals surface area contributed by atoms with Crippen LogP contribution in [0.3, 0.4) is 0 Å². The Bertz CT molecular complexity index is 916. The van der Waals surface area contributed by atoms with Crippen LogP contribution in [0.4, 0.5) is 0 Å². The number of aromatic nitrogens is 2. The molecular weight excluding hydrogens is 344 g/mol. The van der Waals surface area contributed by atoms with Crippen LogP contribution in [0.5, 0.6) is 0 Å². The summed E-state index contributed by atoms with van der Waals surface area (Å²) in [7, 11) is 1.52. The molecule has 140 valence electrons. The summed E-state index contributed by atoms with van der Waals surface area (Å²) in [5, 5.41) is 4.02. The second kappa shape index (κ2) is 6.98. The molecule has 1 aromatic heterocycles. The molecule has 0 bridgehead atoms. The second-order valence-electron chi connectivity index (χ2n) is 7.16. The van der Waals surface area contributed by atoms with E-state index in [9.17, 15) is 14.4 Å². The lowest BCUT2D eigenvalue weighted by molar-refractivity contribution is -0.134. The van der Waals surface area contributed by atoms with Gasteiger partial charge >= 0.3 is 0 Å². The van der Waals surface area contributed by atoms with Gasteiger partial charge in [0.25, 0.3) is 11.5 Å². The highest BCUT2D eigenvalue weighted by atomic mass is 16.2. The number of hydrogen-bond acceptors (Lipinski definition) is 4. The van der Waals surface area contributed by atoms with E-state index in [4.69, 9.17) is 0 Å². The van der Waals surface area contributed by atoms with Crippen molar-refractivity contribution >= 4 is 11.8 Å². The number of benzene rings is 1. The molecule has 2 fully saturated rings. The van der Waals surface area contributed by atoms with Gasteiger partial charge in [0.1, 0.15) is 5.69 Å². The molecule has 0 radical (unpaired) electrons. The summed E-state index contributed by atoms with van der Waals surface area (Å²) < 4.78 is 1.16. The minimum absolute atomic E-state index is 0.0694. The zero-order valence-electron chi connectivity index (χ0n) is 15.2. The van der Waals surface area contributed by atoms with Gasteiger partial charge in [-0.3, -0.25) is 14.4 Å². The van der Waals surface area contributed by atoms with Gasteiger partial charge in [0.05, 0.1) is 0 Å². The van der Waals surface area contributed by atoms with Crippen molar-refractivity contribution in [3.05, 3.63) is 64.1 Å². The molecule has 1 aromatic carbocycles. The first-order valence-electron chi connectivity index (χ1n) is 9.22. The Morgan fingerprint density at radius 2 is 1.63 bits per heavy atom. The van der Waals surface area contributed by atoms with Crippen LogP contribution in [-0.4, -0.2) is 57.6 Å². The topological polar surface area (TPSA) is 75.5 Å². The summed E-state index contributed by atoms with van der Waals surface area (Å²) in [6, 6.07) is 13.0. The van der Waals surface area contributed by atoms with Gasteiger partial charge in [-0.1, -0.05) is 30.3 Å². The van der Waals surface area contributed by atoms with Gasteiger partial charge in [-0.2, -0.15) is 5.10 Å². The molecule has 0 spiro atoms. The Morgan fingerprint density at radius 1 is 0.963 bits per heavy atom. The summed E-state index contributed by atoms with van der Waals surface area (Å²) in [4.78, 5) is 40.3. The van der Waals surface area contributed by atoms with E-state index in [2.05, 4.69) is 17.2 Å². The average molecular weight is 366 g/mol. The van der Waals surface area contributed by atoms with Crippen molar-refractivity contribution in [3.63, 3.8) is 0 Å². The molecule has 2 heterocycles. The standard InChI is InChI=1S/C20H22N4O3/c1-22-18(25)8-7-17(21-22)20(27)24-11-9-23(10-12-24)19(26)16-13-15(16)14-5-3-2-4-6-14/h2-8,15-16H,9-13H2,1H3/t15-,16-/m0/s1. The lowest BCUT2D eigenvalue weighted by Gasteiger charge is -2.34. The van der Waals surface area contributed by atoms with Crippen molar-refractivity contribution in [1.29, 1.82) is 0 Å². The molecule has 1 saturated heterocycles. The number of aryl methyl sites for hydroxylation is 1. The van der Waals surface area contributed by atoms with Gasteiger partial charge in [-0.25, -0.2) is 4.68 Å². The van der Waals surface area contributed by atoms with E-state index in [0.717, 1.165) is 11.1 Å². The van der Waals surface area contributed by atoms with E-state index in [-0.39, 0.29) is 29.0 Å². The van der Waals surface area contributed by atoms with Gasteiger partial charge < -0.3 is 9.80 Å². The number of nitrogens with zero attached hydrogens (tertiary/aromatic N) is 4. The molecule has 7 heteroatoms. The summed E-state index contributed by atoms with van der Waals surface area (Å²) in [6.45, 7) is 2.04. The Labute approximate surface area is 157 Å². The van der Waals surface area contributed by atoms with E-state index in [1.807, 2.05) is 23.1 Å². The molecule has 2 aromatic rings. The Morgan fingerprint density at radius 3 is 2.30 bits per heavy atom. The summed E-state index contributed by atoms with van der Waals surface area (Å²) in [5.74, 6) is 0.385. The SMILES string of the molecule is Cn1nc(C(=O)N2CCN(C(=O)[C@H]3C[C@H]3c3ccccc3)CC2)ccc1=O. The molecule has 2 atom stereocenters. The summed E-state index contributed by atoms with van der Waals surface area (Å²) in [6.07, 6.45) is 0.907. The molecule has 2 amide bonds. The predicted molar refractivity (Wildman–Crippen MR) is 99.3 cm³/mol. The maximum Gasteiger partial charge on any atom is 0.274 e. The Kier molecular flexibility index (Phi) is 4.51. The van der Waals surface area contributed by atoms with E-state index >= 15 is 0 Å². The van der Waals surface area contributed by atoms with Gasteiger partial charge in [-0.05, 0) is 24.0 Å². The van der Waals surface area contributed by atoms with Crippen molar-refractivity contribution in [2.45, 2.75) is 12.3 Å². The monoisotopic (exact) mass is 366 g/mol. The average Bonchev–Trinajstić information content (AvgIpc) is 3.51. The number of carbonyl (C=O) groups is 2. The highest BCUT2D eigenvalue weighted by molar-refractivity contribution is 5.92. The van der Waals surface area contributed by atoms with Gasteiger partial charge in [-0.15, -0.1) is 0 Å². The normalized spacial score (nSPS) is 21.8. The summed E-state index contributed by atoms with van der Waals surface area (Å²) in [5.41, 5.74) is 1.23. The first-order valence-corrected chi connectivity index (χ1v) is 9.22. The molecule has 1 saturated carbocycles. The lowest BCUT2D eigenvalue weighted by Crippen LogP contribution is -2.51. The molecule has 27 heavy (non-hydrogen) atoms. The van der Waals surface area contributed by atoms with E-state index in [1.165, 1.54) is 24.7 Å². The van der Waals surface area contributed by atoms with Crippen LogP contribution in [0.15, 0.2) is 47.3 Å². The molecule has 0 N–H and O–H groups in total. The van der Waals surface area contributed by atoms with Gasteiger partial charge in [0.2, 0.25) is 5.91 Å². The van der Waals surface area contributed by atoms with Crippen LogP contribution < -0.4 is 5.56 Å². The molecule has 1 aliphatic heterocycles. The Balaban J connectivity index is 1.34. The maximum absolute atomic E-state index is 12.7. The highest BCUT2D eigenvalue weighted by Gasteiger charge is 2.46. The van der Waals surface area contributed by atoms with Gasteiger partial charge in [0, 0.05) is 45.2 Å². The van der Waals surface area contributed by atoms with Crippen LogP contribution in [0.2, 0.25) is 0 Å². The second-order valence-corrected chi connectivity index (χ2v) is 7.16. The molecule has 7 nitrogen and oxygen atoms in total. The number of rotatable bonds is 3. The molecule has 1 aliphatic carbocycles. The highest BCUT2D eigenvalue weighted by Crippen LogP contribution is 2.48. The fourth-order valence-electron chi connectivity index (χ4n) is 3.68. The zero-order valence-corrected chi connectivity index (χ0v) is 15.2. The predicted octanol–water partition coefficient (Wildman–Crippen LogP) is 0.868. The van der Waals surface area contributed by atoms with Crippen LogP contribution in [0.1, 0.15) is 28.4 Å². The van der Waals surface area contributed by atoms with Crippen LogP contribution in [-0.2, 0) is 11.8 Å². The van der Waals surface area contributed by atoms with Crippen molar-refractivity contribution in [2.75, 3.05) is 26.2 Å². The number of piperazine rings is 1. The maximum atomic E-state index is 12.7. The van der Waals surface area contributed by atoms with Crippen molar-refractivity contribution < 1.29 is 9.59 Å². The molecule has 4 rings (SSSR count). The van der Waals surface area contributed by atoms with E-state index in [0.29, 0.717) is 32.1 Å². The molecular formula is C20H22N4O3. The quantitative estimate of drug-likeness (QED) is 0.808. The third kappa shape index (κ3) is 3.49. The fourth-order valence-corrected chi connectivity index (χ4v) is 3.68. The minimum atomic E-state index is -0.251. The largest absolute Gasteiger partial charge is 0.339 e. The molecule has 0 unspecified atom stereocenters. The van der Waals surface area contributed by atoms with Crippen LogP contribution in [0, 0.1) is 5.92 Å². The summed E-state index contributed by atoms with van der Waals surface area (Å²) >= 11 is 0. The number of carbonyl (C=O) groups excluding carboxylic acids is 2. The van der Waals surface area contributed by atoms with Gasteiger partial charge in [0.15, 0.2) is 0 Å². The zero-order chi connectivity index (χ0) is 19.0. The third-order valence-electron chi connectivity index (χ3n) is 5.39. The minimum Gasteiger partial charge on any atom is -0.339 e. The smallest absolute Gasteiger partial charge is 0.274 e. The Hall–Kier alpha value is -2.96. The first-order chi connectivity index (χ1) is 13.0. The molecule has 2 aliphatic rings. The number of hydrogen-bond donors (Lipinski definition) is 0. The van der Waals surface area contributed by atoms with Crippen molar-refractivity contribution in [3.8, 4) is 0 Å². The van der Waals surface area contributed by atoms with E-state index in [1.54, 1.807) is 4.90 Å². The van der Waals surface area contributed by atoms with Crippen LogP contribution in [0.25, 0.3) is 0 Å². The van der Waals surface area contributed by atoms with E-state index < -0.39 is 0 Å². The number of amides is 2.